The van der Waals surface area contributed by atoms with Gasteiger partial charge in [0, 0.05) is 126 Å². The van der Waals surface area contributed by atoms with Crippen LogP contribution in [0.2, 0.25) is 10.3 Å². The topological polar surface area (TPSA) is 335 Å². The fourth-order valence-corrected chi connectivity index (χ4v) is 25.8. The Kier molecular flexibility index (Phi) is 22.9. The van der Waals surface area contributed by atoms with Crippen LogP contribution in [0.5, 0.6) is 0 Å². The first kappa shape index (κ1) is 83.6. The van der Waals surface area contributed by atoms with E-state index in [0.29, 0.717) is 48.3 Å². The van der Waals surface area contributed by atoms with Crippen LogP contribution in [0, 0.1) is 49.4 Å². The Balaban J connectivity index is 0.000000107. The highest BCUT2D eigenvalue weighted by Gasteiger charge is 2.60. The minimum Gasteiger partial charge on any atom is -0.390 e. The van der Waals surface area contributed by atoms with E-state index in [9.17, 15) is 40.9 Å². The molecule has 0 radical (unpaired) electrons. The standard InChI is InChI=1S/2C24H22BrClN4O2S.2C22H26N4O2/c2*1-12-15-4-5-30(23(15)28-11-27-12)18-8-24(21(32)20(18)31)9-19(33-10-24)14-3-2-13-6-16(25)22(26)29-17(13)7-14;2*1-14-16-8-10-26(21(16)25-13-24-14)18-11-22(20(28)19(18)27)9-7-17(23-12-22)15-5-3-2-4-6-15/h2*2-7,11,18-21,31-32H,8-10H2,1H3;2*2-6,8,10,13,17-20,23,27-28H,7,9,11-12H2,1H3/t18-,19+,20+,21+,24-;18-,19-,20+,21+,24-;17-,18+,19-,20-,22-;17-,18-,19+,20+,22+/m1101/s1. The molecule has 0 amide bonds. The van der Waals surface area contributed by atoms with Crippen molar-refractivity contribution in [3.63, 3.8) is 0 Å². The van der Waals surface area contributed by atoms with Gasteiger partial charge < -0.3 is 69.8 Å². The molecule has 122 heavy (non-hydrogen) atoms. The number of nitrogens with zero attached hydrogens (tertiary/aromatic N) is 14. The van der Waals surface area contributed by atoms with E-state index in [1.807, 2.05) is 143 Å². The summed E-state index contributed by atoms with van der Waals surface area (Å²) < 4.78 is 9.65. The number of nitrogens with one attached hydrogen (secondary N) is 2. The Hall–Kier alpha value is -7.98. The Morgan fingerprint density at radius 1 is 0.377 bits per heavy atom. The quantitative estimate of drug-likeness (QED) is 0.0632. The Morgan fingerprint density at radius 2 is 0.689 bits per heavy atom. The average molecular weight is 1850 g/mol. The molecule has 0 bridgehead atoms. The molecule has 8 fully saturated rings. The van der Waals surface area contributed by atoms with Crippen molar-refractivity contribution >= 4 is 145 Å². The number of aryl methyl sites for hydroxylation is 4. The molecule has 0 unspecified atom stereocenters. The Labute approximate surface area is 740 Å². The third-order valence-corrected chi connectivity index (χ3v) is 33.8. The van der Waals surface area contributed by atoms with Gasteiger partial charge in [-0.25, -0.2) is 49.8 Å². The van der Waals surface area contributed by atoms with E-state index in [1.165, 1.54) is 22.3 Å². The van der Waals surface area contributed by atoms with Crippen molar-refractivity contribution < 1.29 is 40.9 Å². The zero-order valence-electron chi connectivity index (χ0n) is 67.6. The van der Waals surface area contributed by atoms with E-state index < -0.39 is 48.8 Å². The predicted molar refractivity (Wildman–Crippen MR) is 483 cm³/mol. The van der Waals surface area contributed by atoms with Crippen LogP contribution in [-0.4, -0.2) is 182 Å². The molecule has 632 valence electrons. The molecule has 20 atom stereocenters. The zero-order chi connectivity index (χ0) is 84.4. The highest BCUT2D eigenvalue weighted by Crippen LogP contribution is 2.62. The molecule has 4 aliphatic carbocycles. The molecule has 4 saturated heterocycles. The number of aliphatic hydroxyl groups is 8. The van der Waals surface area contributed by atoms with Crippen LogP contribution in [0.25, 0.3) is 65.9 Å². The molecule has 22 rings (SSSR count). The second kappa shape index (κ2) is 33.4. The van der Waals surface area contributed by atoms with Crippen LogP contribution in [0.1, 0.15) is 156 Å². The average Bonchev–Trinajstić information content (AvgIpc) is 1.57. The SMILES string of the molecule is Cc1ncnc2c1ccn2[C@@H]1C[C@@]2(CS[C@@H](c3ccc4cc(Br)c(Cl)nc4c3)C2)[C@@H](O)[C@H]1O.Cc1ncnc2c1ccn2[C@@H]1C[C@@]2(CS[C@H](c3ccc4cc(Br)c(Cl)nc4c3)C2)[C@@H](O)[C@H]1O.Cc1ncnc2c1ccn2[C@@H]1C[C@]2(CC[C@@H](c3ccccc3)NC2)[C@@H](O)[C@H]1O.Cc1ncnc2c1ccn2[C@@H]1C[C@]2(CC[C@H](c3ccccc3)NC2)[C@@H](O)[C@H]1O. The summed E-state index contributed by atoms with van der Waals surface area (Å²) in [5.74, 6) is 1.60. The Bertz CT molecular complexity index is 5870. The number of hydrogen-bond donors (Lipinski definition) is 10. The van der Waals surface area contributed by atoms with Crippen molar-refractivity contribution in [2.24, 2.45) is 21.7 Å². The number of hydrogen-bond acceptors (Lipinski definition) is 22. The summed E-state index contributed by atoms with van der Waals surface area (Å²) in [6.45, 7) is 9.24. The Morgan fingerprint density at radius 3 is 1.00 bits per heavy atom. The first-order valence-electron chi connectivity index (χ1n) is 41.8. The lowest BCUT2D eigenvalue weighted by molar-refractivity contribution is -0.0398. The van der Waals surface area contributed by atoms with Crippen LogP contribution in [-0.2, 0) is 0 Å². The highest BCUT2D eigenvalue weighted by molar-refractivity contribution is 9.11. The van der Waals surface area contributed by atoms with Crippen molar-refractivity contribution in [3.05, 3.63) is 248 Å². The second-order valence-electron chi connectivity index (χ2n) is 35.2. The number of pyridine rings is 2. The molecule has 8 aliphatic rings. The zero-order valence-corrected chi connectivity index (χ0v) is 73.9. The van der Waals surface area contributed by atoms with Gasteiger partial charge in [0.1, 0.15) is 82.6 Å². The fraction of sp³-hybridized carbons (Fsp3) is 0.413. The molecule has 10 aromatic heterocycles. The first-order chi connectivity index (χ1) is 58.9. The number of halogens is 4. The minimum absolute atomic E-state index is 0.183. The molecule has 14 heterocycles. The minimum atomic E-state index is -0.843. The number of aromatic nitrogens is 14. The summed E-state index contributed by atoms with van der Waals surface area (Å²) >= 11 is 23.0. The number of piperidine rings is 2. The molecule has 4 aromatic carbocycles. The highest BCUT2D eigenvalue weighted by atomic mass is 79.9. The second-order valence-corrected chi connectivity index (χ2v) is 40.0. The van der Waals surface area contributed by atoms with Gasteiger partial charge in [0.25, 0.3) is 0 Å². The van der Waals surface area contributed by atoms with Crippen LogP contribution in [0.3, 0.4) is 0 Å². The van der Waals surface area contributed by atoms with E-state index in [-0.39, 0.29) is 56.3 Å². The molecule has 24 nitrogen and oxygen atoms in total. The van der Waals surface area contributed by atoms with Crippen molar-refractivity contribution in [1.82, 2.24) is 78.7 Å². The van der Waals surface area contributed by atoms with E-state index in [4.69, 9.17) is 23.2 Å². The summed E-state index contributed by atoms with van der Waals surface area (Å²) in [6.07, 6.45) is 15.9. The maximum absolute atomic E-state index is 11.2. The molecule has 4 saturated carbocycles. The van der Waals surface area contributed by atoms with Crippen molar-refractivity contribution in [1.29, 1.82) is 0 Å². The molecular weight excluding hydrogens is 1750 g/mol. The summed E-state index contributed by atoms with van der Waals surface area (Å²) in [7, 11) is 0. The van der Waals surface area contributed by atoms with Gasteiger partial charge in [0.2, 0.25) is 0 Å². The summed E-state index contributed by atoms with van der Waals surface area (Å²) in [5, 5.41) is 103. The number of fused-ring (bicyclic) bond motifs is 6. The van der Waals surface area contributed by atoms with Gasteiger partial charge >= 0.3 is 0 Å². The lowest BCUT2D eigenvalue weighted by Crippen LogP contribution is -2.48. The van der Waals surface area contributed by atoms with Crippen LogP contribution in [0.4, 0.5) is 0 Å². The van der Waals surface area contributed by atoms with Gasteiger partial charge in [-0.3, -0.25) is 0 Å². The van der Waals surface area contributed by atoms with Gasteiger partial charge in [0.15, 0.2) is 0 Å². The molecule has 10 N–H and O–H groups in total. The van der Waals surface area contributed by atoms with E-state index in [1.54, 1.807) is 25.3 Å². The first-order valence-corrected chi connectivity index (χ1v) is 46.2. The van der Waals surface area contributed by atoms with Gasteiger partial charge in [-0.15, -0.1) is 0 Å². The normalized spacial score (nSPS) is 31.1. The van der Waals surface area contributed by atoms with Crippen molar-refractivity contribution in [2.75, 3.05) is 24.6 Å². The third-order valence-electron chi connectivity index (χ3n) is 28.3. The van der Waals surface area contributed by atoms with Gasteiger partial charge in [-0.1, -0.05) is 108 Å². The largest absolute Gasteiger partial charge is 0.390 e. The van der Waals surface area contributed by atoms with Crippen molar-refractivity contribution in [3.8, 4) is 0 Å². The number of thioether (sulfide) groups is 2. The van der Waals surface area contributed by atoms with Gasteiger partial charge in [0.05, 0.1) is 91.3 Å². The maximum atomic E-state index is 11.2. The lowest BCUT2D eigenvalue weighted by Gasteiger charge is -2.40. The summed E-state index contributed by atoms with van der Waals surface area (Å²) in [4.78, 5) is 43.9. The predicted octanol–water partition coefficient (Wildman–Crippen LogP) is 15.5. The van der Waals surface area contributed by atoms with Crippen molar-refractivity contribution in [2.45, 2.75) is 187 Å². The molecule has 30 heteroatoms. The lowest BCUT2D eigenvalue weighted by atomic mass is 9.74. The molecular formula is C92H96Br2Cl2N16O8S2. The monoisotopic (exact) mass is 1840 g/mol. The van der Waals surface area contributed by atoms with Crippen LogP contribution >= 0.6 is 78.6 Å². The number of benzene rings is 4. The number of aliphatic hydroxyl groups excluding tert-OH is 8. The van der Waals surface area contributed by atoms with Crippen LogP contribution in [0.15, 0.2) is 193 Å². The van der Waals surface area contributed by atoms with Crippen LogP contribution < -0.4 is 10.6 Å². The maximum Gasteiger partial charge on any atom is 0.143 e. The van der Waals surface area contributed by atoms with E-state index >= 15 is 0 Å². The smallest absolute Gasteiger partial charge is 0.143 e. The van der Waals surface area contributed by atoms with Gasteiger partial charge in [-0.2, -0.15) is 23.5 Å². The molecule has 4 aliphatic heterocycles. The summed E-state index contributed by atoms with van der Waals surface area (Å²) in [5.41, 5.74) is 12.3. The molecule has 14 aromatic rings. The summed E-state index contributed by atoms with van der Waals surface area (Å²) in [6, 6.07) is 45.2. The van der Waals surface area contributed by atoms with E-state index in [0.717, 1.165) is 161 Å². The fourth-order valence-electron chi connectivity index (χ4n) is 21.4. The molecule has 4 spiro atoms. The third kappa shape index (κ3) is 14.9. The van der Waals surface area contributed by atoms with Gasteiger partial charge in [-0.05, 0) is 195 Å². The number of rotatable bonds is 8. The van der Waals surface area contributed by atoms with E-state index in [2.05, 4.69) is 177 Å².